The number of fused-ring (bicyclic) bond motifs is 1. The minimum atomic E-state index is -0.870. The van der Waals surface area contributed by atoms with E-state index in [1.54, 1.807) is 18.2 Å². The predicted octanol–water partition coefficient (Wildman–Crippen LogP) is 1.89. The molecule has 0 radical (unpaired) electrons. The Kier molecular flexibility index (Phi) is 9.65. The van der Waals surface area contributed by atoms with Crippen LogP contribution in [-0.4, -0.2) is 73.4 Å². The molecule has 1 amide bonds. The lowest BCUT2D eigenvalue weighted by Crippen LogP contribution is -2.34. The van der Waals surface area contributed by atoms with Crippen LogP contribution in [0.3, 0.4) is 0 Å². The molecule has 2 aromatic rings. The molecule has 5 N–H and O–H groups in total. The Morgan fingerprint density at radius 3 is 2.63 bits per heavy atom. The highest BCUT2D eigenvalue weighted by molar-refractivity contribution is 6.05. The summed E-state index contributed by atoms with van der Waals surface area (Å²) in [5.74, 6) is -2.42. The molecule has 206 valence electrons. The fourth-order valence-corrected chi connectivity index (χ4v) is 5.25. The van der Waals surface area contributed by atoms with Crippen LogP contribution in [0.5, 0.6) is 5.75 Å². The molecular formula is C27H35N3O8. The van der Waals surface area contributed by atoms with Crippen molar-refractivity contribution in [2.45, 2.75) is 32.1 Å². The van der Waals surface area contributed by atoms with Gasteiger partial charge in [-0.1, -0.05) is 5.16 Å². The molecule has 1 aliphatic carbocycles. The lowest BCUT2D eigenvalue weighted by molar-refractivity contribution is -0.131. The summed E-state index contributed by atoms with van der Waals surface area (Å²) >= 11 is 0. The normalized spacial score (nSPS) is 16.8. The maximum atomic E-state index is 13.4. The largest absolute Gasteiger partial charge is 0.506 e. The maximum absolute atomic E-state index is 13.4. The molecule has 0 saturated carbocycles. The van der Waals surface area contributed by atoms with Gasteiger partial charge in [0.1, 0.15) is 36.4 Å². The number of nitrogens with zero attached hydrogens (tertiary/aromatic N) is 2. The molecule has 0 aliphatic heterocycles. The second-order valence-corrected chi connectivity index (χ2v) is 9.76. The number of aliphatic hydroxyl groups excluding tert-OH is 2. The molecule has 3 rings (SSSR count). The van der Waals surface area contributed by atoms with Crippen molar-refractivity contribution in [3.05, 3.63) is 35.1 Å². The van der Waals surface area contributed by atoms with E-state index >= 15 is 0 Å². The summed E-state index contributed by atoms with van der Waals surface area (Å²) in [7, 11) is 5.08. The van der Waals surface area contributed by atoms with Crippen molar-refractivity contribution in [2.75, 3.05) is 39.3 Å². The van der Waals surface area contributed by atoms with Gasteiger partial charge in [-0.25, -0.2) is 0 Å². The third-order valence-electron chi connectivity index (χ3n) is 6.95. The van der Waals surface area contributed by atoms with Crippen molar-refractivity contribution in [3.8, 4) is 17.1 Å². The Labute approximate surface area is 220 Å². The molecule has 0 saturated heterocycles. The van der Waals surface area contributed by atoms with Gasteiger partial charge in [-0.2, -0.15) is 0 Å². The Morgan fingerprint density at radius 1 is 1.29 bits per heavy atom. The lowest BCUT2D eigenvalue weighted by atomic mass is 9.73. The molecule has 1 aromatic carbocycles. The molecule has 0 fully saturated rings. The first-order chi connectivity index (χ1) is 18.1. The number of furan rings is 1. The molecule has 0 spiro atoms. The highest BCUT2D eigenvalue weighted by atomic mass is 16.6. The summed E-state index contributed by atoms with van der Waals surface area (Å²) in [4.78, 5) is 43.8. The van der Waals surface area contributed by atoms with E-state index in [4.69, 9.17) is 10.2 Å². The number of phenolic OH excluding ortho intramolecular Hbond substituents is 1. The fraction of sp³-hybridized carbons (Fsp3) is 0.481. The first-order valence-corrected chi connectivity index (χ1v) is 12.4. The highest BCUT2D eigenvalue weighted by Crippen LogP contribution is 2.45. The number of hydrogen-bond donors (Lipinski definition) is 4. The highest BCUT2D eigenvalue weighted by Gasteiger charge is 2.36. The molecular weight excluding hydrogens is 494 g/mol. The SMILES string of the molecule is CON=Cc1ccc(-c2cc(N(C)C)c3c(c2O)C(=O)CC(CC(CCO)C(CO)C(=O)CC(N)=O)C3)o1. The summed E-state index contributed by atoms with van der Waals surface area (Å²) in [5.41, 5.74) is 7.18. The summed E-state index contributed by atoms with van der Waals surface area (Å²) in [6.45, 7) is -0.697. The molecule has 0 bridgehead atoms. The number of benzene rings is 1. The van der Waals surface area contributed by atoms with E-state index in [-0.39, 0.29) is 42.5 Å². The average Bonchev–Trinajstić information content (AvgIpc) is 3.31. The zero-order valence-corrected chi connectivity index (χ0v) is 21.8. The molecule has 3 unspecified atom stereocenters. The van der Waals surface area contributed by atoms with Crippen LogP contribution < -0.4 is 10.6 Å². The quantitative estimate of drug-likeness (QED) is 0.171. The van der Waals surface area contributed by atoms with Gasteiger partial charge in [0.15, 0.2) is 5.78 Å². The van der Waals surface area contributed by atoms with E-state index in [1.807, 2.05) is 19.0 Å². The van der Waals surface area contributed by atoms with Crippen molar-refractivity contribution in [2.24, 2.45) is 28.6 Å². The fourth-order valence-electron chi connectivity index (χ4n) is 5.25. The van der Waals surface area contributed by atoms with Crippen molar-refractivity contribution in [1.29, 1.82) is 0 Å². The number of primary amides is 1. The number of oxime groups is 1. The van der Waals surface area contributed by atoms with Crippen LogP contribution >= 0.6 is 0 Å². The second-order valence-electron chi connectivity index (χ2n) is 9.76. The predicted molar refractivity (Wildman–Crippen MR) is 140 cm³/mol. The van der Waals surface area contributed by atoms with Gasteiger partial charge < -0.3 is 35.2 Å². The molecule has 1 aromatic heterocycles. The Morgan fingerprint density at radius 2 is 2.03 bits per heavy atom. The molecule has 38 heavy (non-hydrogen) atoms. The number of phenols is 1. The summed E-state index contributed by atoms with van der Waals surface area (Å²) in [5, 5.41) is 34.4. The van der Waals surface area contributed by atoms with Gasteiger partial charge in [-0.15, -0.1) is 0 Å². The molecule has 1 heterocycles. The van der Waals surface area contributed by atoms with Gasteiger partial charge in [-0.3, -0.25) is 14.4 Å². The minimum Gasteiger partial charge on any atom is -0.506 e. The van der Waals surface area contributed by atoms with E-state index in [9.17, 15) is 29.7 Å². The number of anilines is 1. The van der Waals surface area contributed by atoms with E-state index in [0.717, 1.165) is 5.69 Å². The molecule has 11 nitrogen and oxygen atoms in total. The van der Waals surface area contributed by atoms with Gasteiger partial charge >= 0.3 is 0 Å². The second kappa shape index (κ2) is 12.7. The number of carbonyl (C=O) groups is 3. The van der Waals surface area contributed by atoms with Crippen molar-refractivity contribution in [1.82, 2.24) is 0 Å². The van der Waals surface area contributed by atoms with Gasteiger partial charge in [0.05, 0.1) is 24.2 Å². The minimum absolute atomic E-state index is 0.116. The van der Waals surface area contributed by atoms with Crippen LogP contribution in [-0.2, 0) is 20.8 Å². The Hall–Kier alpha value is -3.70. The topological polar surface area (TPSA) is 176 Å². The first kappa shape index (κ1) is 28.9. The van der Waals surface area contributed by atoms with E-state index in [0.29, 0.717) is 35.5 Å². The first-order valence-electron chi connectivity index (χ1n) is 12.4. The summed E-state index contributed by atoms with van der Waals surface area (Å²) < 4.78 is 5.77. The van der Waals surface area contributed by atoms with Crippen LogP contribution in [0.15, 0.2) is 27.8 Å². The van der Waals surface area contributed by atoms with Gasteiger partial charge in [0.25, 0.3) is 0 Å². The Bertz CT molecular complexity index is 1200. The standard InChI is InChI=1S/C27H35N3O8/c1-30(2)21-11-19(24-5-4-17(38-24)13-29-37-3)27(36)26-18(21)9-15(10-23(26)34)8-16(6-7-31)20(14-32)22(33)12-25(28)35/h4-5,11,13,15-16,20,31-32,36H,6-10,12,14H2,1-3H3,(H2,28,35). The van der Waals surface area contributed by atoms with Gasteiger partial charge in [-0.05, 0) is 54.9 Å². The van der Waals surface area contributed by atoms with Crippen molar-refractivity contribution < 1.29 is 39.0 Å². The Balaban J connectivity index is 1.96. The molecule has 3 atom stereocenters. The number of rotatable bonds is 13. The number of hydrogen-bond acceptors (Lipinski definition) is 10. The van der Waals surface area contributed by atoms with Gasteiger partial charge in [0.2, 0.25) is 5.91 Å². The number of aromatic hydroxyl groups is 1. The number of aliphatic hydroxyl groups is 2. The van der Waals surface area contributed by atoms with Crippen LogP contribution in [0.2, 0.25) is 0 Å². The zero-order chi connectivity index (χ0) is 28.0. The number of nitrogens with two attached hydrogens (primary N) is 1. The zero-order valence-electron chi connectivity index (χ0n) is 21.8. The number of carbonyl (C=O) groups excluding carboxylic acids is 3. The third kappa shape index (κ3) is 6.40. The lowest BCUT2D eigenvalue weighted by Gasteiger charge is -2.33. The van der Waals surface area contributed by atoms with E-state index in [1.165, 1.54) is 13.3 Å². The smallest absolute Gasteiger partial charge is 0.224 e. The van der Waals surface area contributed by atoms with Crippen molar-refractivity contribution in [3.63, 3.8) is 0 Å². The van der Waals surface area contributed by atoms with E-state index < -0.39 is 36.6 Å². The van der Waals surface area contributed by atoms with Gasteiger partial charge in [0, 0.05) is 38.7 Å². The monoisotopic (exact) mass is 529 g/mol. The third-order valence-corrected chi connectivity index (χ3v) is 6.95. The number of amides is 1. The van der Waals surface area contributed by atoms with Crippen molar-refractivity contribution >= 4 is 29.4 Å². The van der Waals surface area contributed by atoms with Crippen LogP contribution in [0, 0.1) is 17.8 Å². The summed E-state index contributed by atoms with van der Waals surface area (Å²) in [6.07, 6.45) is 2.05. The van der Waals surface area contributed by atoms with Crippen LogP contribution in [0.25, 0.3) is 11.3 Å². The molecule has 11 heteroatoms. The maximum Gasteiger partial charge on any atom is 0.224 e. The number of Topliss-reactive ketones (excluding diaryl/α,β-unsaturated/α-hetero) is 2. The van der Waals surface area contributed by atoms with Crippen LogP contribution in [0.4, 0.5) is 5.69 Å². The average molecular weight is 530 g/mol. The van der Waals surface area contributed by atoms with E-state index in [2.05, 4.69) is 9.99 Å². The van der Waals surface area contributed by atoms with Crippen LogP contribution in [0.1, 0.15) is 47.4 Å². The molecule has 1 aliphatic rings. The summed E-state index contributed by atoms with van der Waals surface area (Å²) in [6, 6.07) is 5.10. The number of ketones is 2.